The van der Waals surface area contributed by atoms with Gasteiger partial charge in [-0.3, -0.25) is 4.79 Å². The van der Waals surface area contributed by atoms with Crippen LogP contribution in [0.25, 0.3) is 0 Å². The van der Waals surface area contributed by atoms with Gasteiger partial charge in [0.05, 0.1) is 11.9 Å². The Labute approximate surface area is 124 Å². The van der Waals surface area contributed by atoms with Crippen molar-refractivity contribution in [2.45, 2.75) is 19.4 Å². The number of aromatic nitrogens is 1. The molecule has 21 heavy (non-hydrogen) atoms. The summed E-state index contributed by atoms with van der Waals surface area (Å²) in [5.41, 5.74) is 7.20. The number of anilines is 2. The smallest absolute Gasteiger partial charge is 0.225 e. The van der Waals surface area contributed by atoms with Gasteiger partial charge in [-0.2, -0.15) is 0 Å². The minimum Gasteiger partial charge on any atom is -0.364 e. The van der Waals surface area contributed by atoms with Crippen molar-refractivity contribution in [3.05, 3.63) is 54.2 Å². The van der Waals surface area contributed by atoms with Crippen molar-refractivity contribution in [1.29, 1.82) is 0 Å². The molecule has 0 bridgehead atoms. The van der Waals surface area contributed by atoms with Crippen molar-refractivity contribution >= 4 is 17.4 Å². The molecule has 0 radical (unpaired) electrons. The highest BCUT2D eigenvalue weighted by atomic mass is 16.1. The summed E-state index contributed by atoms with van der Waals surface area (Å²) in [6, 6.07) is 14.0. The number of benzene rings is 1. The van der Waals surface area contributed by atoms with Gasteiger partial charge >= 0.3 is 0 Å². The highest BCUT2D eigenvalue weighted by Gasteiger charge is 2.06. The second-order valence-electron chi connectivity index (χ2n) is 4.80. The second kappa shape index (κ2) is 7.40. The monoisotopic (exact) mass is 284 g/mol. The summed E-state index contributed by atoms with van der Waals surface area (Å²) in [6.45, 7) is 2.42. The van der Waals surface area contributed by atoms with Gasteiger partial charge in [0.15, 0.2) is 0 Å². The molecule has 2 rings (SSSR count). The number of pyridine rings is 1. The topological polar surface area (TPSA) is 80.0 Å². The van der Waals surface area contributed by atoms with Crippen molar-refractivity contribution in [2.75, 3.05) is 17.2 Å². The summed E-state index contributed by atoms with van der Waals surface area (Å²) >= 11 is 0. The molecule has 1 heterocycles. The Morgan fingerprint density at radius 3 is 2.62 bits per heavy atom. The molecule has 5 heteroatoms. The molecule has 0 saturated carbocycles. The number of nitrogens with one attached hydrogen (secondary N) is 2. The van der Waals surface area contributed by atoms with E-state index in [1.165, 1.54) is 5.56 Å². The summed E-state index contributed by atoms with van der Waals surface area (Å²) in [7, 11) is 0. The average molecular weight is 284 g/mol. The second-order valence-corrected chi connectivity index (χ2v) is 4.80. The first kappa shape index (κ1) is 15.0. The van der Waals surface area contributed by atoms with E-state index in [2.05, 4.69) is 34.7 Å². The molecule has 5 nitrogen and oxygen atoms in total. The zero-order valence-corrected chi connectivity index (χ0v) is 12.0. The fourth-order valence-corrected chi connectivity index (χ4v) is 1.95. The van der Waals surface area contributed by atoms with Crippen LogP contribution in [0.2, 0.25) is 0 Å². The molecule has 4 N–H and O–H groups in total. The Kier molecular flexibility index (Phi) is 5.29. The maximum Gasteiger partial charge on any atom is 0.225 e. The first-order valence-corrected chi connectivity index (χ1v) is 6.96. The van der Waals surface area contributed by atoms with Crippen molar-refractivity contribution in [3.63, 3.8) is 0 Å². The molecule has 1 unspecified atom stereocenters. The number of carbonyl (C=O) groups is 1. The number of amides is 1. The SMILES string of the molecule is CC(Nc1ccc(NC(=O)CCN)cn1)c1ccccc1. The quantitative estimate of drug-likeness (QED) is 0.761. The Morgan fingerprint density at radius 2 is 2.00 bits per heavy atom. The minimum atomic E-state index is -0.0994. The normalized spacial score (nSPS) is 11.7. The van der Waals surface area contributed by atoms with Crippen LogP contribution >= 0.6 is 0 Å². The number of hydrogen-bond acceptors (Lipinski definition) is 4. The number of nitrogens with zero attached hydrogens (tertiary/aromatic N) is 1. The maximum atomic E-state index is 11.4. The van der Waals surface area contributed by atoms with Gasteiger partial charge in [0.1, 0.15) is 5.82 Å². The van der Waals surface area contributed by atoms with Gasteiger partial charge in [-0.05, 0) is 24.6 Å². The lowest BCUT2D eigenvalue weighted by Gasteiger charge is -2.15. The van der Waals surface area contributed by atoms with Gasteiger partial charge < -0.3 is 16.4 Å². The lowest BCUT2D eigenvalue weighted by Crippen LogP contribution is -2.16. The van der Waals surface area contributed by atoms with Crippen LogP contribution in [0.15, 0.2) is 48.7 Å². The molecule has 0 aliphatic rings. The van der Waals surface area contributed by atoms with E-state index in [9.17, 15) is 4.79 Å². The molecule has 1 aromatic carbocycles. The number of hydrogen-bond donors (Lipinski definition) is 3. The predicted molar refractivity (Wildman–Crippen MR) is 85.0 cm³/mol. The van der Waals surface area contributed by atoms with Gasteiger partial charge in [0, 0.05) is 19.0 Å². The van der Waals surface area contributed by atoms with Crippen LogP contribution in [-0.4, -0.2) is 17.4 Å². The molecule has 110 valence electrons. The van der Waals surface area contributed by atoms with Crippen LogP contribution in [0.4, 0.5) is 11.5 Å². The fourth-order valence-electron chi connectivity index (χ4n) is 1.95. The molecular formula is C16H20N4O. The Balaban J connectivity index is 1.95. The number of carbonyl (C=O) groups excluding carboxylic acids is 1. The van der Waals surface area contributed by atoms with Crippen LogP contribution in [0.1, 0.15) is 24.9 Å². The van der Waals surface area contributed by atoms with E-state index in [0.717, 1.165) is 5.82 Å². The lowest BCUT2D eigenvalue weighted by molar-refractivity contribution is -0.116. The zero-order valence-electron chi connectivity index (χ0n) is 12.0. The summed E-state index contributed by atoms with van der Waals surface area (Å²) < 4.78 is 0. The fraction of sp³-hybridized carbons (Fsp3) is 0.250. The number of nitrogens with two attached hydrogens (primary N) is 1. The lowest BCUT2D eigenvalue weighted by atomic mass is 10.1. The molecule has 0 saturated heterocycles. The first-order valence-electron chi connectivity index (χ1n) is 6.96. The molecule has 2 aromatic rings. The third-order valence-electron chi connectivity index (χ3n) is 3.08. The van der Waals surface area contributed by atoms with Crippen molar-refractivity contribution in [1.82, 2.24) is 4.98 Å². The largest absolute Gasteiger partial charge is 0.364 e. The van der Waals surface area contributed by atoms with E-state index < -0.39 is 0 Å². The van der Waals surface area contributed by atoms with Crippen molar-refractivity contribution in [2.24, 2.45) is 5.73 Å². The molecular weight excluding hydrogens is 264 g/mol. The molecule has 0 aliphatic heterocycles. The molecule has 1 amide bonds. The van der Waals surface area contributed by atoms with Crippen molar-refractivity contribution in [3.8, 4) is 0 Å². The van der Waals surface area contributed by atoms with E-state index >= 15 is 0 Å². The Hall–Kier alpha value is -2.40. The maximum absolute atomic E-state index is 11.4. The molecule has 0 spiro atoms. The number of rotatable bonds is 6. The van der Waals surface area contributed by atoms with Gasteiger partial charge in [0.2, 0.25) is 5.91 Å². The van der Waals surface area contributed by atoms with Gasteiger partial charge in [-0.15, -0.1) is 0 Å². The van der Waals surface area contributed by atoms with E-state index in [-0.39, 0.29) is 11.9 Å². The van der Waals surface area contributed by atoms with E-state index in [4.69, 9.17) is 5.73 Å². The zero-order chi connectivity index (χ0) is 15.1. The van der Waals surface area contributed by atoms with Crippen LogP contribution in [0.3, 0.4) is 0 Å². The van der Waals surface area contributed by atoms with Gasteiger partial charge in [-0.1, -0.05) is 30.3 Å². The predicted octanol–water partition coefficient (Wildman–Crippen LogP) is 2.54. The van der Waals surface area contributed by atoms with E-state index in [0.29, 0.717) is 18.7 Å². The first-order chi connectivity index (χ1) is 10.2. The van der Waals surface area contributed by atoms with Crippen LogP contribution < -0.4 is 16.4 Å². The van der Waals surface area contributed by atoms with Gasteiger partial charge in [0.25, 0.3) is 0 Å². The Morgan fingerprint density at radius 1 is 1.24 bits per heavy atom. The average Bonchev–Trinajstić information content (AvgIpc) is 2.50. The third-order valence-corrected chi connectivity index (χ3v) is 3.08. The summed E-state index contributed by atoms with van der Waals surface area (Å²) in [5, 5.41) is 6.07. The summed E-state index contributed by atoms with van der Waals surface area (Å²) in [6.07, 6.45) is 1.94. The summed E-state index contributed by atoms with van der Waals surface area (Å²) in [4.78, 5) is 15.7. The molecule has 0 aliphatic carbocycles. The minimum absolute atomic E-state index is 0.0994. The van der Waals surface area contributed by atoms with Crippen LogP contribution in [0.5, 0.6) is 0 Å². The highest BCUT2D eigenvalue weighted by Crippen LogP contribution is 2.18. The highest BCUT2D eigenvalue weighted by molar-refractivity contribution is 5.90. The summed E-state index contributed by atoms with van der Waals surface area (Å²) in [5.74, 6) is 0.667. The van der Waals surface area contributed by atoms with E-state index in [1.54, 1.807) is 6.20 Å². The van der Waals surface area contributed by atoms with Crippen LogP contribution in [0, 0.1) is 0 Å². The van der Waals surface area contributed by atoms with Gasteiger partial charge in [-0.25, -0.2) is 4.98 Å². The standard InChI is InChI=1S/C16H20N4O/c1-12(13-5-3-2-4-6-13)19-15-8-7-14(11-18-15)20-16(21)9-10-17/h2-8,11-12H,9-10,17H2,1H3,(H,18,19)(H,20,21). The van der Waals surface area contributed by atoms with Crippen LogP contribution in [-0.2, 0) is 4.79 Å². The van der Waals surface area contributed by atoms with E-state index in [1.807, 2.05) is 30.3 Å². The van der Waals surface area contributed by atoms with Crippen molar-refractivity contribution < 1.29 is 4.79 Å². The molecule has 1 aromatic heterocycles. The molecule has 1 atom stereocenters. The molecule has 0 fully saturated rings. The third kappa shape index (κ3) is 4.57. The Bertz CT molecular complexity index is 569.